The second kappa shape index (κ2) is 8.87. The van der Waals surface area contributed by atoms with Crippen LogP contribution in [0.2, 0.25) is 0 Å². The molecule has 118 valence electrons. The fourth-order valence-electron chi connectivity index (χ4n) is 2.14. The highest BCUT2D eigenvalue weighted by atomic mass is 35.5. The summed E-state index contributed by atoms with van der Waals surface area (Å²) in [5, 5.41) is 2.85. The van der Waals surface area contributed by atoms with E-state index in [1.54, 1.807) is 6.07 Å². The second-order valence-corrected chi connectivity index (χ2v) is 5.08. The Bertz CT molecular complexity index is 462. The third kappa shape index (κ3) is 5.91. The largest absolute Gasteiger partial charge is 0.399 e. The molecule has 2 rings (SSSR count). The van der Waals surface area contributed by atoms with Gasteiger partial charge in [-0.15, -0.1) is 12.4 Å². The molecule has 0 spiro atoms. The van der Waals surface area contributed by atoms with Crippen molar-refractivity contribution in [3.05, 3.63) is 23.8 Å². The number of nitrogens with two attached hydrogens (primary N) is 1. The van der Waals surface area contributed by atoms with E-state index in [1.807, 2.05) is 19.1 Å². The number of carbonyl (C=O) groups is 1. The number of benzene rings is 1. The average Bonchev–Trinajstić information content (AvgIpc) is 2.92. The molecule has 3 N–H and O–H groups in total. The highest BCUT2D eigenvalue weighted by molar-refractivity contribution is 5.92. The highest BCUT2D eigenvalue weighted by Crippen LogP contribution is 2.18. The summed E-state index contributed by atoms with van der Waals surface area (Å²) in [5.74, 6) is -0.0639. The van der Waals surface area contributed by atoms with Crippen LogP contribution in [0, 0.1) is 6.92 Å². The van der Waals surface area contributed by atoms with Gasteiger partial charge in [0.15, 0.2) is 0 Å². The second-order valence-electron chi connectivity index (χ2n) is 5.08. The lowest BCUT2D eigenvalue weighted by molar-refractivity contribution is -0.117. The van der Waals surface area contributed by atoms with Gasteiger partial charge in [-0.1, -0.05) is 6.07 Å². The van der Waals surface area contributed by atoms with Crippen molar-refractivity contribution in [3.63, 3.8) is 0 Å². The molecule has 1 aliphatic heterocycles. The van der Waals surface area contributed by atoms with Crippen molar-refractivity contribution in [1.29, 1.82) is 0 Å². The maximum absolute atomic E-state index is 11.8. The SMILES string of the molecule is Cc1ccc(N)cc1NC(=O)CCOCC1CCCO1.Cl. The molecule has 1 atom stereocenters. The van der Waals surface area contributed by atoms with Crippen molar-refractivity contribution < 1.29 is 14.3 Å². The summed E-state index contributed by atoms with van der Waals surface area (Å²) in [6.45, 7) is 3.74. The number of nitrogens with one attached hydrogen (secondary N) is 1. The zero-order chi connectivity index (χ0) is 14.4. The number of aryl methyl sites for hydroxylation is 1. The summed E-state index contributed by atoms with van der Waals surface area (Å²) in [6, 6.07) is 5.47. The van der Waals surface area contributed by atoms with Gasteiger partial charge in [0.1, 0.15) is 0 Å². The molecule has 1 fully saturated rings. The molecule has 1 amide bonds. The van der Waals surface area contributed by atoms with Crippen LogP contribution >= 0.6 is 12.4 Å². The number of nitrogen functional groups attached to an aromatic ring is 1. The van der Waals surface area contributed by atoms with Gasteiger partial charge in [-0.25, -0.2) is 0 Å². The van der Waals surface area contributed by atoms with Crippen LogP contribution in [0.3, 0.4) is 0 Å². The minimum atomic E-state index is -0.0639. The maximum atomic E-state index is 11.8. The third-order valence-electron chi connectivity index (χ3n) is 3.34. The van der Waals surface area contributed by atoms with Crippen molar-refractivity contribution in [2.75, 3.05) is 30.9 Å². The Morgan fingerprint density at radius 1 is 1.52 bits per heavy atom. The molecule has 0 radical (unpaired) electrons. The molecule has 1 heterocycles. The predicted octanol–water partition coefficient (Wildman–Crippen LogP) is 2.52. The van der Waals surface area contributed by atoms with Gasteiger partial charge in [0.25, 0.3) is 0 Å². The first-order valence-electron chi connectivity index (χ1n) is 7.00. The number of amides is 1. The van der Waals surface area contributed by atoms with Gasteiger partial charge in [-0.05, 0) is 37.5 Å². The quantitative estimate of drug-likeness (QED) is 0.625. The Labute approximate surface area is 131 Å². The van der Waals surface area contributed by atoms with Gasteiger partial charge >= 0.3 is 0 Å². The van der Waals surface area contributed by atoms with E-state index in [1.165, 1.54) is 0 Å². The topological polar surface area (TPSA) is 73.6 Å². The standard InChI is InChI=1S/C15H22N2O3.ClH/c1-11-4-5-12(16)9-14(11)17-15(18)6-8-19-10-13-3-2-7-20-13;/h4-5,9,13H,2-3,6-8,10,16H2,1H3,(H,17,18);1H. The molecule has 6 heteroatoms. The van der Waals surface area contributed by atoms with E-state index >= 15 is 0 Å². The van der Waals surface area contributed by atoms with Crippen LogP contribution in [-0.2, 0) is 14.3 Å². The van der Waals surface area contributed by atoms with Crippen molar-refractivity contribution >= 4 is 29.7 Å². The zero-order valence-electron chi connectivity index (χ0n) is 12.3. The highest BCUT2D eigenvalue weighted by Gasteiger charge is 2.15. The van der Waals surface area contributed by atoms with Gasteiger partial charge < -0.3 is 20.5 Å². The fraction of sp³-hybridized carbons (Fsp3) is 0.533. The number of ether oxygens (including phenoxy) is 2. The molecule has 0 aromatic heterocycles. The summed E-state index contributed by atoms with van der Waals surface area (Å²) < 4.78 is 10.9. The Morgan fingerprint density at radius 2 is 2.33 bits per heavy atom. The van der Waals surface area contributed by atoms with Crippen molar-refractivity contribution in [1.82, 2.24) is 0 Å². The number of hydrogen-bond acceptors (Lipinski definition) is 4. The van der Waals surface area contributed by atoms with Gasteiger partial charge in [0, 0.05) is 18.0 Å². The summed E-state index contributed by atoms with van der Waals surface area (Å²) in [7, 11) is 0. The van der Waals surface area contributed by atoms with E-state index in [0.717, 1.165) is 30.7 Å². The molecule has 1 aliphatic rings. The van der Waals surface area contributed by atoms with Crippen LogP contribution in [-0.4, -0.2) is 31.8 Å². The molecule has 1 aromatic carbocycles. The van der Waals surface area contributed by atoms with Crippen LogP contribution in [0.5, 0.6) is 0 Å². The normalized spacial score (nSPS) is 17.3. The Morgan fingerprint density at radius 3 is 3.05 bits per heavy atom. The minimum Gasteiger partial charge on any atom is -0.399 e. The van der Waals surface area contributed by atoms with Gasteiger partial charge in [-0.3, -0.25) is 4.79 Å². The lowest BCUT2D eigenvalue weighted by Crippen LogP contribution is -2.18. The maximum Gasteiger partial charge on any atom is 0.226 e. The van der Waals surface area contributed by atoms with Gasteiger partial charge in [0.2, 0.25) is 5.91 Å². The van der Waals surface area contributed by atoms with Crippen LogP contribution < -0.4 is 11.1 Å². The molecule has 1 saturated heterocycles. The first kappa shape index (κ1) is 17.8. The number of rotatable bonds is 6. The van der Waals surface area contributed by atoms with Gasteiger partial charge in [-0.2, -0.15) is 0 Å². The third-order valence-corrected chi connectivity index (χ3v) is 3.34. The molecule has 0 bridgehead atoms. The first-order valence-corrected chi connectivity index (χ1v) is 7.00. The molecule has 0 aliphatic carbocycles. The van der Waals surface area contributed by atoms with Crippen LogP contribution in [0.25, 0.3) is 0 Å². The number of anilines is 2. The summed E-state index contributed by atoms with van der Waals surface area (Å²) in [5.41, 5.74) is 8.10. The molecule has 21 heavy (non-hydrogen) atoms. The van der Waals surface area contributed by atoms with E-state index < -0.39 is 0 Å². The predicted molar refractivity (Wildman–Crippen MR) is 85.9 cm³/mol. The number of carbonyl (C=O) groups excluding carboxylic acids is 1. The van der Waals surface area contributed by atoms with E-state index in [4.69, 9.17) is 15.2 Å². The fourth-order valence-corrected chi connectivity index (χ4v) is 2.14. The molecule has 5 nitrogen and oxygen atoms in total. The molecular weight excluding hydrogens is 292 g/mol. The van der Waals surface area contributed by atoms with Crippen molar-refractivity contribution in [2.24, 2.45) is 0 Å². The van der Waals surface area contributed by atoms with Crippen molar-refractivity contribution in [3.8, 4) is 0 Å². The average molecular weight is 315 g/mol. The number of hydrogen-bond donors (Lipinski definition) is 2. The van der Waals surface area contributed by atoms with Crippen LogP contribution in [0.15, 0.2) is 18.2 Å². The molecule has 0 saturated carbocycles. The van der Waals surface area contributed by atoms with Crippen LogP contribution in [0.4, 0.5) is 11.4 Å². The lowest BCUT2D eigenvalue weighted by atomic mass is 10.2. The molecule has 1 aromatic rings. The minimum absolute atomic E-state index is 0. The van der Waals surface area contributed by atoms with E-state index in [-0.39, 0.29) is 24.4 Å². The van der Waals surface area contributed by atoms with E-state index in [2.05, 4.69) is 5.32 Å². The van der Waals surface area contributed by atoms with Crippen molar-refractivity contribution in [2.45, 2.75) is 32.3 Å². The molecular formula is C15H23ClN2O3. The monoisotopic (exact) mass is 314 g/mol. The summed E-state index contributed by atoms with van der Waals surface area (Å²) in [4.78, 5) is 11.8. The summed E-state index contributed by atoms with van der Waals surface area (Å²) in [6.07, 6.45) is 2.69. The zero-order valence-corrected chi connectivity index (χ0v) is 13.1. The van der Waals surface area contributed by atoms with E-state index in [9.17, 15) is 4.79 Å². The van der Waals surface area contributed by atoms with Gasteiger partial charge in [0.05, 0.1) is 25.7 Å². The molecule has 1 unspecified atom stereocenters. The first-order chi connectivity index (χ1) is 9.65. The smallest absolute Gasteiger partial charge is 0.226 e. The summed E-state index contributed by atoms with van der Waals surface area (Å²) >= 11 is 0. The van der Waals surface area contributed by atoms with E-state index in [0.29, 0.717) is 25.3 Å². The number of halogens is 1. The lowest BCUT2D eigenvalue weighted by Gasteiger charge is -2.11. The van der Waals surface area contributed by atoms with Crippen LogP contribution in [0.1, 0.15) is 24.8 Å². The Balaban J connectivity index is 0.00000220. The Hall–Kier alpha value is -1.30. The Kier molecular flexibility index (Phi) is 7.50.